The van der Waals surface area contributed by atoms with E-state index in [0.29, 0.717) is 0 Å². The van der Waals surface area contributed by atoms with Crippen LogP contribution in [-0.4, -0.2) is 6.29 Å². The van der Waals surface area contributed by atoms with Gasteiger partial charge in [0.2, 0.25) is 0 Å². The maximum Gasteiger partial charge on any atom is 1.00 e. The summed E-state index contributed by atoms with van der Waals surface area (Å²) in [5, 5.41) is 2.10. The second-order valence-corrected chi connectivity index (χ2v) is 3.72. The Morgan fingerprint density at radius 3 is 2.56 bits per heavy atom. The van der Waals surface area contributed by atoms with Crippen molar-refractivity contribution in [3.05, 3.63) is 60.5 Å². The molecule has 0 saturated carbocycles. The molecule has 82 valence electrons. The minimum absolute atomic E-state index is 0. The van der Waals surface area contributed by atoms with E-state index in [9.17, 15) is 0 Å². The fraction of sp³-hybridized carbons (Fsp3) is 0.154. The summed E-state index contributed by atoms with van der Waals surface area (Å²) in [6.45, 7) is 10.6. The standard InChI is InChI=1S/C10H12S.C3H3O.Li/c1-3-9(4-2)8-10-6-5-7-11-10;1-2-3-4;/h3,5-7H,1-2,4,8H2;2H,1H2;/q-2;-1;+1/b9-3+;;. The van der Waals surface area contributed by atoms with Crippen LogP contribution in [0.1, 0.15) is 11.3 Å². The minimum atomic E-state index is 0. The SMILES string of the molecule is C=C[C-]=O.[CH2-]/C=C(\C[CH2-])Cc1cccs1.[Li+]. The van der Waals surface area contributed by atoms with Crippen molar-refractivity contribution in [1.82, 2.24) is 0 Å². The van der Waals surface area contributed by atoms with Gasteiger partial charge < -0.3 is 11.7 Å². The predicted molar refractivity (Wildman–Crippen MR) is 67.3 cm³/mol. The summed E-state index contributed by atoms with van der Waals surface area (Å²) < 4.78 is 0. The second-order valence-electron chi connectivity index (χ2n) is 2.69. The van der Waals surface area contributed by atoms with Crippen molar-refractivity contribution in [2.45, 2.75) is 12.8 Å². The molecule has 0 bridgehead atoms. The van der Waals surface area contributed by atoms with E-state index in [1.54, 1.807) is 11.3 Å². The molecular formula is C13H15LiOS-2. The van der Waals surface area contributed by atoms with Gasteiger partial charge in [-0.25, -0.2) is 37.6 Å². The summed E-state index contributed by atoms with van der Waals surface area (Å²) in [5.74, 6) is 0. The second kappa shape index (κ2) is 12.4. The zero-order valence-corrected chi connectivity index (χ0v) is 10.6. The van der Waals surface area contributed by atoms with Crippen molar-refractivity contribution in [3.8, 4) is 0 Å². The molecule has 0 aliphatic carbocycles. The van der Waals surface area contributed by atoms with Crippen molar-refractivity contribution < 1.29 is 23.7 Å². The molecule has 16 heavy (non-hydrogen) atoms. The zero-order valence-electron chi connectivity index (χ0n) is 9.74. The molecule has 0 fully saturated rings. The number of thiophene rings is 1. The predicted octanol–water partition coefficient (Wildman–Crippen LogP) is 0.561. The molecule has 0 N–H and O–H groups in total. The number of rotatable bonds is 4. The Morgan fingerprint density at radius 1 is 1.62 bits per heavy atom. The van der Waals surface area contributed by atoms with Crippen molar-refractivity contribution in [1.29, 1.82) is 0 Å². The van der Waals surface area contributed by atoms with E-state index in [1.807, 2.05) is 6.08 Å². The van der Waals surface area contributed by atoms with Gasteiger partial charge in [0, 0.05) is 0 Å². The molecule has 1 heterocycles. The molecule has 1 aromatic heterocycles. The van der Waals surface area contributed by atoms with Crippen LogP contribution >= 0.6 is 11.3 Å². The summed E-state index contributed by atoms with van der Waals surface area (Å²) >= 11 is 1.79. The molecule has 0 saturated heterocycles. The van der Waals surface area contributed by atoms with Crippen molar-refractivity contribution in [2.24, 2.45) is 0 Å². The number of allylic oxidation sites excluding steroid dienone is 3. The van der Waals surface area contributed by atoms with Crippen molar-refractivity contribution in [2.75, 3.05) is 0 Å². The zero-order chi connectivity index (χ0) is 11.5. The van der Waals surface area contributed by atoms with E-state index < -0.39 is 0 Å². The molecule has 0 aromatic carbocycles. The largest absolute Gasteiger partial charge is 1.00 e. The fourth-order valence-electron chi connectivity index (χ4n) is 0.900. The van der Waals surface area contributed by atoms with E-state index in [-0.39, 0.29) is 18.9 Å². The molecule has 0 aliphatic rings. The molecule has 0 amide bonds. The fourth-order valence-corrected chi connectivity index (χ4v) is 1.66. The van der Waals surface area contributed by atoms with Crippen molar-refractivity contribution in [3.63, 3.8) is 0 Å². The summed E-state index contributed by atoms with van der Waals surface area (Å²) in [7, 11) is 0. The van der Waals surface area contributed by atoms with Gasteiger partial charge in [-0.1, -0.05) is 12.5 Å². The van der Waals surface area contributed by atoms with Gasteiger partial charge in [0.1, 0.15) is 0 Å². The van der Waals surface area contributed by atoms with E-state index in [2.05, 4.69) is 37.9 Å². The van der Waals surface area contributed by atoms with Crippen LogP contribution in [0.25, 0.3) is 0 Å². The van der Waals surface area contributed by atoms with Gasteiger partial charge in [-0.3, -0.25) is 0 Å². The Morgan fingerprint density at radius 2 is 2.25 bits per heavy atom. The first-order chi connectivity index (χ1) is 7.28. The summed E-state index contributed by atoms with van der Waals surface area (Å²) in [6.07, 6.45) is 6.30. The Labute approximate surface area is 114 Å². The quantitative estimate of drug-likeness (QED) is 0.416. The van der Waals surface area contributed by atoms with Crippen LogP contribution in [0.5, 0.6) is 0 Å². The van der Waals surface area contributed by atoms with Crippen molar-refractivity contribution >= 4 is 17.6 Å². The summed E-state index contributed by atoms with van der Waals surface area (Å²) in [5.41, 5.74) is 1.31. The van der Waals surface area contributed by atoms with Gasteiger partial charge in [0.15, 0.2) is 0 Å². The first kappa shape index (κ1) is 17.7. The number of hydrogen-bond acceptors (Lipinski definition) is 2. The third-order valence-corrected chi connectivity index (χ3v) is 2.55. The monoisotopic (exact) mass is 226 g/mol. The van der Waals surface area contributed by atoms with Gasteiger partial charge in [-0.05, 0) is 22.6 Å². The van der Waals surface area contributed by atoms with Crippen LogP contribution in [0, 0.1) is 13.8 Å². The van der Waals surface area contributed by atoms with Gasteiger partial charge in [0.25, 0.3) is 0 Å². The molecule has 0 atom stereocenters. The molecule has 0 radical (unpaired) electrons. The van der Waals surface area contributed by atoms with E-state index >= 15 is 0 Å². The van der Waals surface area contributed by atoms with E-state index in [4.69, 9.17) is 4.79 Å². The molecule has 0 unspecified atom stereocenters. The topological polar surface area (TPSA) is 17.1 Å². The molecule has 0 spiro atoms. The Bertz CT molecular complexity index is 296. The van der Waals surface area contributed by atoms with Crippen LogP contribution < -0.4 is 18.9 Å². The summed E-state index contributed by atoms with van der Waals surface area (Å²) in [4.78, 5) is 10.3. The average Bonchev–Trinajstić information content (AvgIpc) is 2.79. The van der Waals surface area contributed by atoms with Crippen LogP contribution in [0.2, 0.25) is 0 Å². The van der Waals surface area contributed by atoms with E-state index in [1.165, 1.54) is 16.7 Å². The van der Waals surface area contributed by atoms with Crippen LogP contribution in [0.15, 0.2) is 41.8 Å². The number of hydrogen-bond donors (Lipinski definition) is 0. The first-order valence-electron chi connectivity index (χ1n) is 4.55. The van der Waals surface area contributed by atoms with Gasteiger partial charge >= 0.3 is 18.9 Å². The maximum absolute atomic E-state index is 8.93. The third-order valence-electron chi connectivity index (χ3n) is 1.67. The maximum atomic E-state index is 8.93. The van der Waals surface area contributed by atoms with Gasteiger partial charge in [-0.2, -0.15) is 11.3 Å². The molecule has 3 heteroatoms. The Hall–Kier alpha value is -0.683. The van der Waals surface area contributed by atoms with Gasteiger partial charge in [-0.15, -0.1) is 0 Å². The first-order valence-corrected chi connectivity index (χ1v) is 5.43. The smallest absolute Gasteiger partial charge is 0.419 e. The van der Waals surface area contributed by atoms with Crippen LogP contribution in [0.3, 0.4) is 0 Å². The Kier molecular flexibility index (Phi) is 13.7. The average molecular weight is 226 g/mol. The molecule has 1 aromatic rings. The van der Waals surface area contributed by atoms with Crippen LogP contribution in [0.4, 0.5) is 0 Å². The van der Waals surface area contributed by atoms with E-state index in [0.717, 1.165) is 18.9 Å². The molecule has 1 rings (SSSR count). The third kappa shape index (κ3) is 8.61. The number of carbonyl (C=O) groups excluding carboxylic acids is 1. The van der Waals surface area contributed by atoms with Crippen LogP contribution in [-0.2, 0) is 11.2 Å². The van der Waals surface area contributed by atoms with Gasteiger partial charge in [0.05, 0.1) is 0 Å². The molecule has 0 aliphatic heterocycles. The Balaban J connectivity index is 0. The normalized spacial score (nSPS) is 9.44. The molecular weight excluding hydrogens is 211 g/mol. The minimum Gasteiger partial charge on any atom is -0.419 e. The molecule has 1 nitrogen and oxygen atoms in total. The summed E-state index contributed by atoms with van der Waals surface area (Å²) in [6, 6.07) is 4.22.